The number of rotatable bonds is 4. The van der Waals surface area contributed by atoms with Crippen LogP contribution in [-0.2, 0) is 16.2 Å². The van der Waals surface area contributed by atoms with Crippen molar-refractivity contribution in [2.75, 3.05) is 0 Å². The van der Waals surface area contributed by atoms with E-state index in [2.05, 4.69) is 117 Å². The lowest BCUT2D eigenvalue weighted by Crippen LogP contribution is -2.17. The number of aromatic hydroxyl groups is 1. The Bertz CT molecular complexity index is 2260. The van der Waals surface area contributed by atoms with E-state index in [4.69, 9.17) is 9.98 Å². The number of hydrogen-bond acceptors (Lipinski definition) is 5. The van der Waals surface area contributed by atoms with Gasteiger partial charge in [-0.3, -0.25) is 4.99 Å². The van der Waals surface area contributed by atoms with Gasteiger partial charge in [-0.1, -0.05) is 98.7 Å². The topological polar surface area (TPSA) is 69.3 Å². The molecule has 0 amide bonds. The maximum absolute atomic E-state index is 11.4. The van der Waals surface area contributed by atoms with Crippen LogP contribution < -0.4 is 0 Å². The summed E-state index contributed by atoms with van der Waals surface area (Å²) >= 11 is 1.68. The maximum atomic E-state index is 11.4. The quantitative estimate of drug-likeness (QED) is 0.193. The van der Waals surface area contributed by atoms with Gasteiger partial charge in [-0.25, -0.2) is 4.98 Å². The molecule has 5 aromatic carbocycles. The Balaban J connectivity index is 1.49. The van der Waals surface area contributed by atoms with E-state index in [0.717, 1.165) is 59.5 Å². The molecule has 0 aliphatic heterocycles. The highest BCUT2D eigenvalue weighted by Gasteiger charge is 2.25. The van der Waals surface area contributed by atoms with Gasteiger partial charge in [0.25, 0.3) is 0 Å². The summed E-state index contributed by atoms with van der Waals surface area (Å²) in [6.45, 7) is 19.7. The molecular weight excluding hydrogens is 607 g/mol. The molecule has 6 rings (SSSR count). The predicted octanol–water partition coefficient (Wildman–Crippen LogP) is 12.0. The van der Waals surface area contributed by atoms with Crippen LogP contribution in [0.4, 0.5) is 5.69 Å². The Labute approximate surface area is 288 Å². The summed E-state index contributed by atoms with van der Waals surface area (Å²) in [5, 5.41) is 23.8. The molecule has 242 valence electrons. The lowest BCUT2D eigenvalue weighted by molar-refractivity contribution is 0.444. The van der Waals surface area contributed by atoms with Crippen molar-refractivity contribution in [3.05, 3.63) is 113 Å². The lowest BCUT2D eigenvalue weighted by atomic mass is 9.79. The molecule has 0 saturated heterocycles. The van der Waals surface area contributed by atoms with Crippen molar-refractivity contribution in [1.82, 2.24) is 4.98 Å². The third-order valence-corrected chi connectivity index (χ3v) is 9.97. The number of thiazole rings is 1. The minimum Gasteiger partial charge on any atom is -0.507 e. The van der Waals surface area contributed by atoms with E-state index in [-0.39, 0.29) is 22.0 Å². The number of benzene rings is 5. The summed E-state index contributed by atoms with van der Waals surface area (Å²) in [7, 11) is 0. The summed E-state index contributed by atoms with van der Waals surface area (Å²) in [6, 6.07) is 31.3. The summed E-state index contributed by atoms with van der Waals surface area (Å²) in [5.41, 5.74) is 9.22. The van der Waals surface area contributed by atoms with Crippen molar-refractivity contribution in [1.29, 1.82) is 5.26 Å². The van der Waals surface area contributed by atoms with Crippen molar-refractivity contribution in [3.63, 3.8) is 0 Å². The molecule has 6 aromatic rings. The summed E-state index contributed by atoms with van der Waals surface area (Å²) in [4.78, 5) is 10.2. The molecule has 1 aromatic heterocycles. The molecule has 0 atom stereocenters. The number of phenols is 1. The highest BCUT2D eigenvalue weighted by Crippen LogP contribution is 2.43. The van der Waals surface area contributed by atoms with Crippen molar-refractivity contribution in [3.8, 4) is 33.5 Å². The highest BCUT2D eigenvalue weighted by atomic mass is 32.1. The first-order valence-electron chi connectivity index (χ1n) is 16.4. The van der Waals surface area contributed by atoms with Crippen LogP contribution in [0.15, 0.2) is 89.9 Å². The number of aromatic nitrogens is 1. The molecule has 0 aliphatic carbocycles. The van der Waals surface area contributed by atoms with Gasteiger partial charge in [0.05, 0.1) is 27.5 Å². The first-order chi connectivity index (χ1) is 22.5. The van der Waals surface area contributed by atoms with Gasteiger partial charge in [0, 0.05) is 28.5 Å². The molecule has 0 saturated carbocycles. The van der Waals surface area contributed by atoms with Crippen LogP contribution in [0.2, 0.25) is 0 Å². The van der Waals surface area contributed by atoms with Gasteiger partial charge in [0.1, 0.15) is 10.8 Å². The minimum absolute atomic E-state index is 0.0522. The molecule has 0 spiro atoms. The van der Waals surface area contributed by atoms with Crippen LogP contribution in [0, 0.1) is 11.3 Å². The Morgan fingerprint density at radius 3 is 2.08 bits per heavy atom. The maximum Gasteiger partial charge on any atom is 0.128 e. The average molecular weight is 650 g/mol. The van der Waals surface area contributed by atoms with Gasteiger partial charge < -0.3 is 5.11 Å². The summed E-state index contributed by atoms with van der Waals surface area (Å²) in [6.07, 6.45) is 1.79. The number of nitriles is 1. The Hall–Kier alpha value is -4.79. The van der Waals surface area contributed by atoms with E-state index in [1.165, 1.54) is 5.56 Å². The number of para-hydroxylation sites is 1. The van der Waals surface area contributed by atoms with Gasteiger partial charge in [-0.2, -0.15) is 5.26 Å². The van der Waals surface area contributed by atoms with Crippen molar-refractivity contribution >= 4 is 44.2 Å². The van der Waals surface area contributed by atoms with Gasteiger partial charge >= 0.3 is 0 Å². The zero-order valence-corrected chi connectivity index (χ0v) is 30.2. The lowest BCUT2D eigenvalue weighted by Gasteiger charge is -2.27. The van der Waals surface area contributed by atoms with Crippen molar-refractivity contribution in [2.45, 2.75) is 78.6 Å². The zero-order chi connectivity index (χ0) is 34.6. The number of aliphatic imine (C=N–C) groups is 1. The molecule has 1 heterocycles. The monoisotopic (exact) mass is 649 g/mol. The molecule has 4 nitrogen and oxygen atoms in total. The molecule has 48 heavy (non-hydrogen) atoms. The van der Waals surface area contributed by atoms with Crippen molar-refractivity contribution < 1.29 is 5.11 Å². The molecular formula is C43H43N3OS. The zero-order valence-electron chi connectivity index (χ0n) is 29.4. The van der Waals surface area contributed by atoms with Crippen LogP contribution in [0.3, 0.4) is 0 Å². The normalized spacial score (nSPS) is 12.7. The van der Waals surface area contributed by atoms with E-state index >= 15 is 0 Å². The molecule has 0 unspecified atom stereocenters. The number of hydrogen-bond donors (Lipinski definition) is 1. The van der Waals surface area contributed by atoms with Crippen LogP contribution in [0.25, 0.3) is 42.7 Å². The number of fused-ring (bicyclic) bond motifs is 2. The molecule has 0 bridgehead atoms. The second-order valence-electron chi connectivity index (χ2n) is 15.8. The third kappa shape index (κ3) is 6.50. The fraction of sp³-hybridized carbons (Fsp3) is 0.279. The van der Waals surface area contributed by atoms with Crippen LogP contribution in [0.1, 0.15) is 90.1 Å². The van der Waals surface area contributed by atoms with E-state index in [0.29, 0.717) is 11.1 Å². The highest BCUT2D eigenvalue weighted by molar-refractivity contribution is 7.21. The van der Waals surface area contributed by atoms with Gasteiger partial charge in [0.2, 0.25) is 0 Å². The fourth-order valence-electron chi connectivity index (χ4n) is 5.95. The van der Waals surface area contributed by atoms with Crippen LogP contribution in [0.5, 0.6) is 5.75 Å². The van der Waals surface area contributed by atoms with Crippen molar-refractivity contribution in [2.24, 2.45) is 4.99 Å². The van der Waals surface area contributed by atoms with E-state index < -0.39 is 0 Å². The molecule has 0 aliphatic rings. The molecule has 0 radical (unpaired) electrons. The van der Waals surface area contributed by atoms with Gasteiger partial charge in [-0.05, 0) is 92.2 Å². The van der Waals surface area contributed by atoms with Gasteiger partial charge in [-0.15, -0.1) is 11.3 Å². The Morgan fingerprint density at radius 1 is 0.729 bits per heavy atom. The third-order valence-electron chi connectivity index (χ3n) is 8.93. The minimum atomic E-state index is -0.221. The summed E-state index contributed by atoms with van der Waals surface area (Å²) in [5.74, 6) is 0.273. The second-order valence-corrected chi connectivity index (χ2v) is 16.8. The fourth-order valence-corrected chi connectivity index (χ4v) is 7.01. The standard InChI is InChI=1S/C43H43N3OS/c1-41(2,3)31-20-30(39(47)35(22-31)43(7,8)9)25-45-36-13-11-10-12-33(36)40-46-38-34(21-32(42(4,5)6)23-37(38)48-40)29-17-16-27-18-26(24-44)14-15-28(27)19-29/h10-23,25,47H,1-9H3. The molecule has 1 N–H and O–H groups in total. The largest absolute Gasteiger partial charge is 0.507 e. The van der Waals surface area contributed by atoms with Gasteiger partial charge in [0.15, 0.2) is 0 Å². The SMILES string of the molecule is CC(C)(C)c1cc(C=Nc2ccccc2-c2nc3c(-c4ccc5cc(C#N)ccc5c4)cc(C(C)(C)C)cc3s2)c(O)c(C(C)(C)C)c1. The van der Waals surface area contributed by atoms with Crippen LogP contribution >= 0.6 is 11.3 Å². The molecule has 5 heteroatoms. The Morgan fingerprint density at radius 2 is 1.40 bits per heavy atom. The first kappa shape index (κ1) is 33.1. The first-order valence-corrected chi connectivity index (χ1v) is 17.3. The predicted molar refractivity (Wildman–Crippen MR) is 204 cm³/mol. The van der Waals surface area contributed by atoms with Crippen LogP contribution in [-0.4, -0.2) is 16.3 Å². The Kier molecular flexibility index (Phi) is 8.30. The van der Waals surface area contributed by atoms with E-state index in [9.17, 15) is 10.4 Å². The number of phenolic OH excluding ortho intramolecular Hbond substituents is 1. The summed E-state index contributed by atoms with van der Waals surface area (Å²) < 4.78 is 1.12. The smallest absolute Gasteiger partial charge is 0.128 e. The van der Waals surface area contributed by atoms with E-state index in [1.54, 1.807) is 17.6 Å². The molecule has 0 fully saturated rings. The van der Waals surface area contributed by atoms with E-state index in [1.807, 2.05) is 36.4 Å². The number of nitrogens with zero attached hydrogens (tertiary/aromatic N) is 3. The average Bonchev–Trinajstić information content (AvgIpc) is 3.46. The second kappa shape index (κ2) is 12.0.